The minimum Gasteiger partial charge on any atom is -0.388 e. The number of rotatable bonds is 11. The molecule has 4 unspecified atom stereocenters. The summed E-state index contributed by atoms with van der Waals surface area (Å²) in [5.41, 5.74) is 2.21. The Balaban J connectivity index is 1.49. The Hall–Kier alpha value is -2.82. The summed E-state index contributed by atoms with van der Waals surface area (Å²) in [6.07, 6.45) is -1.77. The predicted molar refractivity (Wildman–Crippen MR) is 158 cm³/mol. The van der Waals surface area contributed by atoms with Gasteiger partial charge in [-0.05, 0) is 65.6 Å². The molecule has 4 atom stereocenters. The first-order chi connectivity index (χ1) is 19.2. The van der Waals surface area contributed by atoms with Crippen LogP contribution >= 0.6 is 11.3 Å². The molecule has 2 heterocycles. The lowest BCUT2D eigenvalue weighted by molar-refractivity contribution is -0.184. The summed E-state index contributed by atoms with van der Waals surface area (Å²) in [5, 5.41) is 41.2. The van der Waals surface area contributed by atoms with Crippen LogP contribution in [0.25, 0.3) is 27.3 Å². The topological polar surface area (TPSA) is 143 Å². The van der Waals surface area contributed by atoms with Crippen molar-refractivity contribution >= 4 is 43.9 Å². The number of sulfonamides is 1. The molecule has 0 amide bonds. The molecule has 3 aromatic rings. The number of hydrogen-bond donors (Lipinski definition) is 4. The zero-order valence-corrected chi connectivity index (χ0v) is 24.2. The molecule has 1 aliphatic rings. The van der Waals surface area contributed by atoms with Gasteiger partial charge in [-0.2, -0.15) is 5.26 Å². The molecule has 0 aliphatic carbocycles. The Bertz CT molecular complexity index is 1490. The standard InChI is InChI=1S/C29H35N3O6S2/c1-3-11-32(12-4-2)22-8-7-19-13-21(6-5-20(19)14-22)27-10-9-23(39-27)15-24(16-30)40(36,37)31-17-26-29(35)28(34)25(33)18-38-26/h5-10,13-15,25-26,28-29,31,33-35H,3-4,11-12,17-18H2,1-2H3. The van der Waals surface area contributed by atoms with Gasteiger partial charge in [0.05, 0.1) is 12.7 Å². The minimum absolute atomic E-state index is 0.240. The number of nitrogens with one attached hydrogen (secondary N) is 1. The number of benzene rings is 2. The molecule has 11 heteroatoms. The number of nitrogens with zero attached hydrogens (tertiary/aromatic N) is 2. The van der Waals surface area contributed by atoms with Gasteiger partial charge in [-0.15, -0.1) is 11.3 Å². The van der Waals surface area contributed by atoms with E-state index in [9.17, 15) is 29.0 Å². The molecule has 4 rings (SSSR count). The fourth-order valence-electron chi connectivity index (χ4n) is 4.69. The number of thiophene rings is 1. The summed E-state index contributed by atoms with van der Waals surface area (Å²) in [7, 11) is -4.21. The summed E-state index contributed by atoms with van der Waals surface area (Å²) in [6, 6.07) is 18.1. The first-order valence-corrected chi connectivity index (χ1v) is 15.6. The van der Waals surface area contributed by atoms with Crippen molar-refractivity contribution in [2.24, 2.45) is 0 Å². The van der Waals surface area contributed by atoms with Crippen molar-refractivity contribution < 1.29 is 28.5 Å². The molecular weight excluding hydrogens is 550 g/mol. The SMILES string of the molecule is CCCN(CCC)c1ccc2cc(-c3ccc(C=C(C#N)S(=O)(=O)NCC4OCC(O)C(O)C4O)s3)ccc2c1. The molecule has 40 heavy (non-hydrogen) atoms. The Morgan fingerprint density at radius 2 is 1.77 bits per heavy atom. The van der Waals surface area contributed by atoms with Gasteiger partial charge in [-0.3, -0.25) is 0 Å². The third-order valence-electron chi connectivity index (χ3n) is 6.84. The fourth-order valence-corrected chi connectivity index (χ4v) is 6.66. The van der Waals surface area contributed by atoms with Crippen molar-refractivity contribution in [2.45, 2.75) is 51.1 Å². The van der Waals surface area contributed by atoms with E-state index >= 15 is 0 Å². The number of hydrogen-bond acceptors (Lipinski definition) is 9. The molecule has 4 N–H and O–H groups in total. The van der Waals surface area contributed by atoms with Crippen LogP contribution in [0.3, 0.4) is 0 Å². The van der Waals surface area contributed by atoms with Crippen molar-refractivity contribution in [1.29, 1.82) is 5.26 Å². The molecule has 1 saturated heterocycles. The average Bonchev–Trinajstić information content (AvgIpc) is 3.42. The normalized spacial score (nSPS) is 21.9. The number of anilines is 1. The molecule has 0 bridgehead atoms. The molecule has 0 radical (unpaired) electrons. The highest BCUT2D eigenvalue weighted by Gasteiger charge is 2.38. The van der Waals surface area contributed by atoms with Gasteiger partial charge in [0.2, 0.25) is 0 Å². The van der Waals surface area contributed by atoms with E-state index in [-0.39, 0.29) is 13.2 Å². The highest BCUT2D eigenvalue weighted by atomic mass is 32.2. The van der Waals surface area contributed by atoms with Gasteiger partial charge in [0.15, 0.2) is 4.91 Å². The van der Waals surface area contributed by atoms with Crippen molar-refractivity contribution in [3.05, 3.63) is 58.3 Å². The number of aliphatic hydroxyl groups excluding tert-OH is 3. The maximum Gasteiger partial charge on any atom is 0.250 e. The van der Waals surface area contributed by atoms with E-state index in [1.54, 1.807) is 12.1 Å². The van der Waals surface area contributed by atoms with E-state index in [1.807, 2.05) is 12.1 Å². The van der Waals surface area contributed by atoms with Crippen LogP contribution in [0.2, 0.25) is 0 Å². The Labute approximate surface area is 239 Å². The number of nitriles is 1. The fraction of sp³-hybridized carbons (Fsp3) is 0.414. The molecule has 0 spiro atoms. The van der Waals surface area contributed by atoms with Crippen molar-refractivity contribution in [3.8, 4) is 16.5 Å². The quantitative estimate of drug-likeness (QED) is 0.251. The van der Waals surface area contributed by atoms with Crippen LogP contribution in [0.4, 0.5) is 5.69 Å². The number of ether oxygens (including phenoxy) is 1. The van der Waals surface area contributed by atoms with Gasteiger partial charge in [-0.25, -0.2) is 13.1 Å². The van der Waals surface area contributed by atoms with E-state index in [0.717, 1.165) is 47.1 Å². The van der Waals surface area contributed by atoms with Crippen LogP contribution in [0, 0.1) is 11.3 Å². The van der Waals surface area contributed by atoms with Crippen molar-refractivity contribution in [2.75, 3.05) is 31.1 Å². The van der Waals surface area contributed by atoms with Gasteiger partial charge >= 0.3 is 0 Å². The van der Waals surface area contributed by atoms with Crippen LogP contribution in [0.1, 0.15) is 31.6 Å². The number of allylic oxidation sites excluding steroid dienone is 1. The minimum atomic E-state index is -4.21. The molecule has 2 aromatic carbocycles. The Kier molecular flexibility index (Phi) is 9.97. The first-order valence-electron chi connectivity index (χ1n) is 13.3. The van der Waals surface area contributed by atoms with Crippen LogP contribution in [0.15, 0.2) is 53.4 Å². The molecular formula is C29H35N3O6S2. The second-order valence-electron chi connectivity index (χ2n) is 9.83. The lowest BCUT2D eigenvalue weighted by Gasteiger charge is -2.35. The third kappa shape index (κ3) is 6.90. The van der Waals surface area contributed by atoms with Crippen LogP contribution in [-0.4, -0.2) is 74.4 Å². The Morgan fingerprint density at radius 3 is 2.48 bits per heavy atom. The van der Waals surface area contributed by atoms with Gasteiger partial charge in [0, 0.05) is 35.1 Å². The van der Waals surface area contributed by atoms with Crippen LogP contribution in [-0.2, 0) is 14.8 Å². The molecule has 9 nitrogen and oxygen atoms in total. The van der Waals surface area contributed by atoms with E-state index in [0.29, 0.717) is 4.88 Å². The Morgan fingerprint density at radius 1 is 1.07 bits per heavy atom. The maximum absolute atomic E-state index is 12.8. The summed E-state index contributed by atoms with van der Waals surface area (Å²) in [6.45, 7) is 5.79. The summed E-state index contributed by atoms with van der Waals surface area (Å²) >= 11 is 1.37. The lowest BCUT2D eigenvalue weighted by Crippen LogP contribution is -2.56. The third-order valence-corrected chi connectivity index (χ3v) is 9.26. The summed E-state index contributed by atoms with van der Waals surface area (Å²) < 4.78 is 33.1. The van der Waals surface area contributed by atoms with E-state index in [4.69, 9.17) is 4.74 Å². The average molecular weight is 586 g/mol. The monoisotopic (exact) mass is 585 g/mol. The number of fused-ring (bicyclic) bond motifs is 1. The maximum atomic E-state index is 12.8. The van der Waals surface area contributed by atoms with E-state index in [2.05, 4.69) is 53.8 Å². The van der Waals surface area contributed by atoms with Gasteiger partial charge in [0.25, 0.3) is 10.0 Å². The highest BCUT2D eigenvalue weighted by Crippen LogP contribution is 2.33. The second kappa shape index (κ2) is 13.2. The second-order valence-corrected chi connectivity index (χ2v) is 12.7. The molecule has 1 aromatic heterocycles. The summed E-state index contributed by atoms with van der Waals surface area (Å²) in [4.78, 5) is 3.44. The summed E-state index contributed by atoms with van der Waals surface area (Å²) in [5.74, 6) is 0. The van der Waals surface area contributed by atoms with Crippen molar-refractivity contribution in [3.63, 3.8) is 0 Å². The van der Waals surface area contributed by atoms with Crippen molar-refractivity contribution in [1.82, 2.24) is 4.72 Å². The predicted octanol–water partition coefficient (Wildman–Crippen LogP) is 3.46. The molecule has 0 saturated carbocycles. The lowest BCUT2D eigenvalue weighted by atomic mass is 10.0. The van der Waals surface area contributed by atoms with Gasteiger partial charge < -0.3 is 25.0 Å². The van der Waals surface area contributed by atoms with Crippen LogP contribution < -0.4 is 9.62 Å². The molecule has 1 fully saturated rings. The zero-order chi connectivity index (χ0) is 28.9. The largest absolute Gasteiger partial charge is 0.388 e. The van der Waals surface area contributed by atoms with Gasteiger partial charge in [-0.1, -0.05) is 32.0 Å². The number of aliphatic hydroxyl groups is 3. The first kappa shape index (κ1) is 30.1. The highest BCUT2D eigenvalue weighted by molar-refractivity contribution is 7.93. The zero-order valence-electron chi connectivity index (χ0n) is 22.5. The smallest absolute Gasteiger partial charge is 0.250 e. The van der Waals surface area contributed by atoms with Crippen LogP contribution in [0.5, 0.6) is 0 Å². The molecule has 1 aliphatic heterocycles. The van der Waals surface area contributed by atoms with E-state index in [1.165, 1.54) is 23.1 Å². The van der Waals surface area contributed by atoms with E-state index < -0.39 is 39.3 Å². The van der Waals surface area contributed by atoms with Gasteiger partial charge in [0.1, 0.15) is 24.4 Å². The molecule has 214 valence electrons.